The summed E-state index contributed by atoms with van der Waals surface area (Å²) in [6.07, 6.45) is -3.06. The molecule has 0 radical (unpaired) electrons. The maximum atomic E-state index is 12.5. The van der Waals surface area contributed by atoms with E-state index in [1.165, 1.54) is 12.1 Å². The minimum atomic E-state index is -4.77. The Morgan fingerprint density at radius 2 is 2.17 bits per heavy atom. The summed E-state index contributed by atoms with van der Waals surface area (Å²) in [4.78, 5) is 9.63. The average molecular weight is 461 g/mol. The number of aromatic amines is 1. The van der Waals surface area contributed by atoms with Crippen molar-refractivity contribution >= 4 is 35.4 Å². The van der Waals surface area contributed by atoms with Crippen LogP contribution in [0.1, 0.15) is 25.6 Å². The molecular weight excluding hydrogens is 438 g/mol. The van der Waals surface area contributed by atoms with Crippen LogP contribution in [0.5, 0.6) is 5.75 Å². The van der Waals surface area contributed by atoms with Crippen LogP contribution in [0, 0.1) is 17.8 Å². The Labute approximate surface area is 175 Å². The first-order chi connectivity index (χ1) is 14.0. The molecule has 1 N–H and O–H groups in total. The molecule has 164 valence electrons. The number of hydrogen-bond acceptors (Lipinski definition) is 5. The summed E-state index contributed by atoms with van der Waals surface area (Å²) < 4.78 is 66.0. The fraction of sp³-hybridized carbons (Fsp3) is 0.526. The fourth-order valence-electron chi connectivity index (χ4n) is 3.64. The molecule has 0 aliphatic carbocycles. The van der Waals surface area contributed by atoms with Crippen molar-refractivity contribution in [1.82, 2.24) is 14.9 Å². The number of H-pyrrole nitrogens is 1. The van der Waals surface area contributed by atoms with E-state index in [4.69, 9.17) is 0 Å². The topological polar surface area (TPSA) is 75.3 Å². The van der Waals surface area contributed by atoms with E-state index in [0.717, 1.165) is 19.4 Å². The molecule has 1 unspecified atom stereocenters. The molecule has 11 heteroatoms. The first-order valence-electron chi connectivity index (χ1n) is 9.41. The number of likely N-dealkylation sites (tertiary alicyclic amines) is 1. The number of aromatic nitrogens is 2. The standard InChI is InChI=1S/C19H23F3N3O3PS/c1-2-3-7-30(26,27)12-13-5-4-6-25(10-13)11-18-23-14-8-16(28-19(20,21)22)17(29)9-15(14)24-18/h8-9,13H,4-7,10-12,29H2,1H3,(H,23,24)/t13-/m1/s1. The third-order valence-corrected chi connectivity index (χ3v) is 6.84. The van der Waals surface area contributed by atoms with E-state index in [9.17, 15) is 21.6 Å². The zero-order valence-electron chi connectivity index (χ0n) is 16.4. The highest BCUT2D eigenvalue weighted by molar-refractivity contribution is 7.91. The molecule has 3 rings (SSSR count). The number of piperidine rings is 1. The van der Waals surface area contributed by atoms with Gasteiger partial charge in [-0.15, -0.1) is 28.3 Å². The molecule has 0 saturated carbocycles. The number of nitrogens with one attached hydrogen (secondary N) is 1. The highest BCUT2D eigenvalue weighted by atomic mass is 32.2. The van der Waals surface area contributed by atoms with Gasteiger partial charge >= 0.3 is 6.36 Å². The van der Waals surface area contributed by atoms with Crippen molar-refractivity contribution in [2.75, 3.05) is 24.6 Å². The lowest BCUT2D eigenvalue weighted by Crippen LogP contribution is -2.38. The van der Waals surface area contributed by atoms with Gasteiger partial charge in [0, 0.05) is 17.9 Å². The number of halogens is 3. The van der Waals surface area contributed by atoms with Crippen LogP contribution in [0.3, 0.4) is 0 Å². The number of alkyl halides is 3. The summed E-state index contributed by atoms with van der Waals surface area (Å²) in [7, 11) is -0.991. The summed E-state index contributed by atoms with van der Waals surface area (Å²) in [6.45, 7) is 3.50. The van der Waals surface area contributed by atoms with Crippen LogP contribution in [-0.2, 0) is 16.4 Å². The lowest BCUT2D eigenvalue weighted by Gasteiger charge is -2.31. The number of imidazole rings is 1. The summed E-state index contributed by atoms with van der Waals surface area (Å²) in [5.74, 6) is 5.54. The van der Waals surface area contributed by atoms with E-state index in [2.05, 4.69) is 40.7 Å². The highest BCUT2D eigenvalue weighted by Gasteiger charge is 2.32. The maximum absolute atomic E-state index is 12.5. The largest absolute Gasteiger partial charge is 0.573 e. The molecule has 1 aliphatic rings. The third-order valence-electron chi connectivity index (χ3n) is 4.82. The highest BCUT2D eigenvalue weighted by Crippen LogP contribution is 2.26. The Bertz CT molecular complexity index is 1070. The molecular formula is C19H23F3N3O3PS. The van der Waals surface area contributed by atoms with Gasteiger partial charge in [0.2, 0.25) is 0 Å². The van der Waals surface area contributed by atoms with Crippen LogP contribution in [0.4, 0.5) is 13.2 Å². The predicted molar refractivity (Wildman–Crippen MR) is 112 cm³/mol. The van der Waals surface area contributed by atoms with Gasteiger partial charge < -0.3 is 9.72 Å². The second-order valence-electron chi connectivity index (χ2n) is 7.36. The Morgan fingerprint density at radius 3 is 2.87 bits per heavy atom. The minimum Gasteiger partial charge on any atom is -0.405 e. The van der Waals surface area contributed by atoms with Crippen molar-refractivity contribution < 1.29 is 26.3 Å². The van der Waals surface area contributed by atoms with Gasteiger partial charge in [0.05, 0.1) is 23.3 Å². The van der Waals surface area contributed by atoms with Gasteiger partial charge in [-0.1, -0.05) is 5.92 Å². The van der Waals surface area contributed by atoms with Crippen LogP contribution in [-0.4, -0.2) is 54.2 Å². The van der Waals surface area contributed by atoms with Crippen molar-refractivity contribution in [3.63, 3.8) is 0 Å². The lowest BCUT2D eigenvalue weighted by molar-refractivity contribution is -0.274. The minimum absolute atomic E-state index is 0.0252. The van der Waals surface area contributed by atoms with E-state index in [-0.39, 0.29) is 28.5 Å². The van der Waals surface area contributed by atoms with Gasteiger partial charge in [0.25, 0.3) is 0 Å². The Morgan fingerprint density at radius 1 is 1.40 bits per heavy atom. The zero-order chi connectivity index (χ0) is 21.9. The number of benzene rings is 1. The van der Waals surface area contributed by atoms with Crippen molar-refractivity contribution in [2.24, 2.45) is 5.92 Å². The number of fused-ring (bicyclic) bond motifs is 1. The molecule has 1 aromatic carbocycles. The average Bonchev–Trinajstić information content (AvgIpc) is 3.00. The molecule has 30 heavy (non-hydrogen) atoms. The third kappa shape index (κ3) is 6.34. The normalized spacial score (nSPS) is 18.2. The van der Waals surface area contributed by atoms with Gasteiger partial charge in [-0.3, -0.25) is 4.90 Å². The van der Waals surface area contributed by atoms with Crippen molar-refractivity contribution in [3.05, 3.63) is 18.0 Å². The molecule has 2 atom stereocenters. The number of rotatable bonds is 6. The molecule has 2 heterocycles. The van der Waals surface area contributed by atoms with Crippen molar-refractivity contribution in [1.29, 1.82) is 0 Å². The van der Waals surface area contributed by atoms with Crippen LogP contribution >= 0.6 is 9.24 Å². The van der Waals surface area contributed by atoms with E-state index in [0.29, 0.717) is 29.9 Å². The van der Waals surface area contributed by atoms with Crippen LogP contribution in [0.25, 0.3) is 11.0 Å². The van der Waals surface area contributed by atoms with Crippen LogP contribution in [0.15, 0.2) is 12.1 Å². The van der Waals surface area contributed by atoms with Crippen molar-refractivity contribution in [3.8, 4) is 17.6 Å². The first kappa shape index (κ1) is 22.9. The summed E-state index contributed by atoms with van der Waals surface area (Å²) in [5, 5.41) is 0.272. The molecule has 0 bridgehead atoms. The smallest absolute Gasteiger partial charge is 0.405 e. The van der Waals surface area contributed by atoms with E-state index < -0.39 is 16.2 Å². The number of sulfone groups is 1. The van der Waals surface area contributed by atoms with Gasteiger partial charge in [-0.2, -0.15) is 0 Å². The molecule has 6 nitrogen and oxygen atoms in total. The van der Waals surface area contributed by atoms with Crippen molar-refractivity contribution in [2.45, 2.75) is 32.7 Å². The van der Waals surface area contributed by atoms with Gasteiger partial charge in [-0.05, 0) is 38.3 Å². The second kappa shape index (κ2) is 9.13. The van der Waals surface area contributed by atoms with E-state index in [1.807, 2.05) is 0 Å². The monoisotopic (exact) mass is 461 g/mol. The summed E-state index contributed by atoms with van der Waals surface area (Å²) in [5.41, 5.74) is 0.989. The number of ether oxygens (including phenoxy) is 1. The molecule has 1 aliphatic heterocycles. The summed E-state index contributed by atoms with van der Waals surface area (Å²) >= 11 is 0. The Hall–Kier alpha value is -1.82. The first-order valence-corrected chi connectivity index (χ1v) is 11.8. The zero-order valence-corrected chi connectivity index (χ0v) is 18.4. The SMILES string of the molecule is CC#CCS(=O)(=O)C[C@@H]1CCCN(Cc2nc3cc(OC(F)(F)F)c(P)cc3[nH]2)C1. The molecule has 2 aromatic rings. The Balaban J connectivity index is 1.68. The lowest BCUT2D eigenvalue weighted by atomic mass is 10.0. The number of nitrogens with zero attached hydrogens (tertiary/aromatic N) is 2. The second-order valence-corrected chi connectivity index (χ2v) is 10.1. The Kier molecular flexibility index (Phi) is 6.95. The van der Waals surface area contributed by atoms with Gasteiger partial charge in [-0.25, -0.2) is 13.4 Å². The van der Waals surface area contributed by atoms with Crippen LogP contribution in [0.2, 0.25) is 0 Å². The van der Waals surface area contributed by atoms with Gasteiger partial charge in [0.15, 0.2) is 9.84 Å². The fourth-order valence-corrected chi connectivity index (χ4v) is 5.42. The maximum Gasteiger partial charge on any atom is 0.573 e. The van der Waals surface area contributed by atoms with E-state index in [1.54, 1.807) is 6.92 Å². The predicted octanol–water partition coefficient (Wildman–Crippen LogP) is 2.61. The quantitative estimate of drug-likeness (QED) is 0.529. The van der Waals surface area contributed by atoms with Crippen LogP contribution < -0.4 is 10.0 Å². The number of hydrogen-bond donors (Lipinski definition) is 1. The molecule has 1 fully saturated rings. The molecule has 0 amide bonds. The molecule has 1 aromatic heterocycles. The summed E-state index contributed by atoms with van der Waals surface area (Å²) in [6, 6.07) is 2.80. The molecule has 0 spiro atoms. The molecule has 1 saturated heterocycles. The van der Waals surface area contributed by atoms with E-state index >= 15 is 0 Å². The van der Waals surface area contributed by atoms with Gasteiger partial charge in [0.1, 0.15) is 17.3 Å².